The molecule has 0 radical (unpaired) electrons. The van der Waals surface area contributed by atoms with Crippen LogP contribution in [0.15, 0.2) is 46.9 Å². The van der Waals surface area contributed by atoms with Crippen molar-refractivity contribution in [1.29, 1.82) is 0 Å². The number of nitro benzene ring substituents is 2. The quantitative estimate of drug-likeness (QED) is 0.427. The second kappa shape index (κ2) is 8.16. The van der Waals surface area contributed by atoms with Crippen LogP contribution < -0.4 is 5.32 Å². The first kappa shape index (κ1) is 19.0. The summed E-state index contributed by atoms with van der Waals surface area (Å²) in [6.45, 7) is -0.634. The van der Waals surface area contributed by atoms with Gasteiger partial charge in [0.1, 0.15) is 0 Å². The van der Waals surface area contributed by atoms with E-state index >= 15 is 0 Å². The first-order chi connectivity index (χ1) is 12.3. The minimum Gasteiger partial charge on any atom is -0.452 e. The van der Waals surface area contributed by atoms with Gasteiger partial charge >= 0.3 is 5.97 Å². The molecule has 1 N–H and O–H groups in total. The molecule has 0 aliphatic heterocycles. The summed E-state index contributed by atoms with van der Waals surface area (Å²) in [6, 6.07) is 8.63. The highest BCUT2D eigenvalue weighted by atomic mass is 79.9. The molecule has 10 nitrogen and oxygen atoms in total. The highest BCUT2D eigenvalue weighted by Gasteiger charge is 2.15. The number of non-ortho nitro benzene ring substituents is 2. The van der Waals surface area contributed by atoms with Gasteiger partial charge in [0.05, 0.1) is 21.1 Å². The Balaban J connectivity index is 1.96. The van der Waals surface area contributed by atoms with Gasteiger partial charge in [-0.15, -0.1) is 0 Å². The average Bonchev–Trinajstić information content (AvgIpc) is 2.61. The maximum absolute atomic E-state index is 11.9. The van der Waals surface area contributed by atoms with E-state index in [0.717, 1.165) is 6.07 Å². The van der Waals surface area contributed by atoms with Gasteiger partial charge in [-0.25, -0.2) is 4.79 Å². The molecule has 0 atom stereocenters. The van der Waals surface area contributed by atoms with Crippen LogP contribution in [0, 0.1) is 20.2 Å². The van der Waals surface area contributed by atoms with Crippen LogP contribution in [0.25, 0.3) is 0 Å². The fourth-order valence-corrected chi connectivity index (χ4v) is 2.33. The predicted octanol–water partition coefficient (Wildman–Crippen LogP) is 3.06. The van der Waals surface area contributed by atoms with Gasteiger partial charge in [-0.3, -0.25) is 25.0 Å². The molecule has 0 heterocycles. The van der Waals surface area contributed by atoms with Crippen molar-refractivity contribution in [3.63, 3.8) is 0 Å². The number of esters is 1. The number of rotatable bonds is 6. The smallest absolute Gasteiger partial charge is 0.338 e. The number of carbonyl (C=O) groups excluding carboxylic acids is 2. The fraction of sp³-hybridized carbons (Fsp3) is 0.0667. The molecular formula is C15H10BrN3O7. The van der Waals surface area contributed by atoms with Crippen molar-refractivity contribution in [3.8, 4) is 0 Å². The van der Waals surface area contributed by atoms with Crippen LogP contribution in [0.2, 0.25) is 0 Å². The van der Waals surface area contributed by atoms with Crippen molar-refractivity contribution in [3.05, 3.63) is 72.7 Å². The Morgan fingerprint density at radius 1 is 1.04 bits per heavy atom. The lowest BCUT2D eigenvalue weighted by Crippen LogP contribution is -2.21. The molecule has 0 unspecified atom stereocenters. The van der Waals surface area contributed by atoms with Crippen LogP contribution in [-0.2, 0) is 9.53 Å². The first-order valence-corrected chi connectivity index (χ1v) is 7.72. The normalized spacial score (nSPS) is 10.0. The summed E-state index contributed by atoms with van der Waals surface area (Å²) in [5.74, 6) is -1.58. The Morgan fingerprint density at radius 3 is 2.31 bits per heavy atom. The third kappa shape index (κ3) is 4.83. The van der Waals surface area contributed by atoms with Crippen molar-refractivity contribution < 1.29 is 24.2 Å². The first-order valence-electron chi connectivity index (χ1n) is 6.93. The molecule has 0 saturated carbocycles. The summed E-state index contributed by atoms with van der Waals surface area (Å²) in [4.78, 5) is 43.8. The van der Waals surface area contributed by atoms with Crippen molar-refractivity contribution in [2.75, 3.05) is 11.9 Å². The number of nitro groups is 2. The average molecular weight is 424 g/mol. The zero-order chi connectivity index (χ0) is 19.3. The third-order valence-corrected chi connectivity index (χ3v) is 3.72. The molecule has 0 fully saturated rings. The summed E-state index contributed by atoms with van der Waals surface area (Å²) in [7, 11) is 0. The Kier molecular flexibility index (Phi) is 5.96. The molecule has 0 aliphatic carbocycles. The van der Waals surface area contributed by atoms with Crippen molar-refractivity contribution in [2.24, 2.45) is 0 Å². The molecule has 134 valence electrons. The molecule has 0 saturated heterocycles. The van der Waals surface area contributed by atoms with E-state index in [-0.39, 0.29) is 27.1 Å². The van der Waals surface area contributed by atoms with Crippen LogP contribution in [0.3, 0.4) is 0 Å². The topological polar surface area (TPSA) is 142 Å². The summed E-state index contributed by atoms with van der Waals surface area (Å²) in [6.07, 6.45) is 0. The Bertz CT molecular complexity index is 901. The molecule has 26 heavy (non-hydrogen) atoms. The lowest BCUT2D eigenvalue weighted by molar-refractivity contribution is -0.385. The summed E-state index contributed by atoms with van der Waals surface area (Å²) >= 11 is 3.09. The highest BCUT2D eigenvalue weighted by molar-refractivity contribution is 9.10. The molecule has 11 heteroatoms. The molecule has 0 bridgehead atoms. The Hall–Kier alpha value is -3.34. The van der Waals surface area contributed by atoms with Gasteiger partial charge in [0.25, 0.3) is 17.3 Å². The van der Waals surface area contributed by atoms with Crippen molar-refractivity contribution in [2.45, 2.75) is 0 Å². The number of carbonyl (C=O) groups is 2. The predicted molar refractivity (Wildman–Crippen MR) is 92.8 cm³/mol. The number of ether oxygens (including phenoxy) is 1. The maximum atomic E-state index is 11.9. The van der Waals surface area contributed by atoms with Gasteiger partial charge in [-0.05, 0) is 28.1 Å². The number of hydrogen-bond donors (Lipinski definition) is 1. The van der Waals surface area contributed by atoms with E-state index in [1.807, 2.05) is 0 Å². The number of hydrogen-bond acceptors (Lipinski definition) is 7. The summed E-state index contributed by atoms with van der Waals surface area (Å²) in [5, 5.41) is 23.8. The zero-order valence-corrected chi connectivity index (χ0v) is 14.5. The molecular weight excluding hydrogens is 414 g/mol. The van der Waals surface area contributed by atoms with Crippen LogP contribution >= 0.6 is 15.9 Å². The van der Waals surface area contributed by atoms with Gasteiger partial charge < -0.3 is 10.1 Å². The summed E-state index contributed by atoms with van der Waals surface area (Å²) in [5.41, 5.74) is -0.249. The van der Waals surface area contributed by atoms with E-state index in [9.17, 15) is 29.8 Å². The second-order valence-corrected chi connectivity index (χ2v) is 5.71. The second-order valence-electron chi connectivity index (χ2n) is 4.85. The van der Waals surface area contributed by atoms with E-state index in [1.54, 1.807) is 0 Å². The van der Waals surface area contributed by atoms with Crippen LogP contribution in [0.1, 0.15) is 10.4 Å². The molecule has 0 aliphatic rings. The Labute approximate surface area is 154 Å². The van der Waals surface area contributed by atoms with Crippen LogP contribution in [0.4, 0.5) is 17.1 Å². The lowest BCUT2D eigenvalue weighted by atomic mass is 10.2. The van der Waals surface area contributed by atoms with E-state index in [1.165, 1.54) is 36.4 Å². The van der Waals surface area contributed by atoms with Gasteiger partial charge in [0, 0.05) is 28.7 Å². The number of amides is 1. The van der Waals surface area contributed by atoms with Crippen molar-refractivity contribution >= 4 is 44.9 Å². The summed E-state index contributed by atoms with van der Waals surface area (Å²) < 4.78 is 5.08. The lowest BCUT2D eigenvalue weighted by Gasteiger charge is -2.08. The number of benzene rings is 2. The maximum Gasteiger partial charge on any atom is 0.338 e. The van der Waals surface area contributed by atoms with Gasteiger partial charge in [0.15, 0.2) is 6.61 Å². The van der Waals surface area contributed by atoms with Crippen LogP contribution in [0.5, 0.6) is 0 Å². The molecule has 1 amide bonds. The molecule has 2 aromatic rings. The number of halogens is 1. The minimum absolute atomic E-state index is 0.0662. The number of nitrogens with zero attached hydrogens (tertiary/aromatic N) is 2. The van der Waals surface area contributed by atoms with E-state index in [0.29, 0.717) is 0 Å². The standard InChI is InChI=1S/C15H10BrN3O7/c16-12-7-11(19(24)25)4-5-13(12)17-14(20)8-26-15(21)9-2-1-3-10(6-9)18(22)23/h1-7H,8H2,(H,17,20). The van der Waals surface area contributed by atoms with E-state index in [4.69, 9.17) is 4.74 Å². The Morgan fingerprint density at radius 2 is 1.69 bits per heavy atom. The largest absolute Gasteiger partial charge is 0.452 e. The van der Waals surface area contributed by atoms with Crippen molar-refractivity contribution in [1.82, 2.24) is 0 Å². The van der Waals surface area contributed by atoms with E-state index in [2.05, 4.69) is 21.2 Å². The molecule has 0 spiro atoms. The molecule has 2 rings (SSSR count). The highest BCUT2D eigenvalue weighted by Crippen LogP contribution is 2.27. The minimum atomic E-state index is -0.897. The molecule has 0 aromatic heterocycles. The zero-order valence-electron chi connectivity index (χ0n) is 12.9. The number of anilines is 1. The van der Waals surface area contributed by atoms with E-state index < -0.39 is 28.3 Å². The van der Waals surface area contributed by atoms with Gasteiger partial charge in [-0.2, -0.15) is 0 Å². The molecule has 2 aromatic carbocycles. The van der Waals surface area contributed by atoms with Gasteiger partial charge in [0.2, 0.25) is 0 Å². The monoisotopic (exact) mass is 423 g/mol. The fourth-order valence-electron chi connectivity index (χ4n) is 1.87. The number of nitrogens with one attached hydrogen (secondary N) is 1. The van der Waals surface area contributed by atoms with Gasteiger partial charge in [-0.1, -0.05) is 6.07 Å². The third-order valence-electron chi connectivity index (χ3n) is 3.06. The van der Waals surface area contributed by atoms with Crippen LogP contribution in [-0.4, -0.2) is 28.3 Å². The SMILES string of the molecule is O=C(COC(=O)c1cccc([N+](=O)[O-])c1)Nc1ccc([N+](=O)[O-])cc1Br.